The summed E-state index contributed by atoms with van der Waals surface area (Å²) in [5, 5.41) is 6.66. The van der Waals surface area contributed by atoms with Crippen LogP contribution in [0.1, 0.15) is 18.1 Å². The molecule has 142 valence electrons. The number of likely N-dealkylation sites (tertiary alicyclic amines) is 1. The number of para-hydroxylation sites is 1. The Morgan fingerprint density at radius 3 is 2.54 bits per heavy atom. The fourth-order valence-corrected chi connectivity index (χ4v) is 5.13. The largest absolute Gasteiger partial charge is 0.324 e. The van der Waals surface area contributed by atoms with Crippen LogP contribution >= 0.6 is 11.6 Å². The molecular formula is C21H18ClN3O3. The number of hydrogen-bond donors (Lipinski definition) is 2. The number of benzene rings is 2. The average Bonchev–Trinajstić information content (AvgIpc) is 3.23. The first-order chi connectivity index (χ1) is 13.4. The average molecular weight is 396 g/mol. The number of carbonyl (C=O) groups is 3. The van der Waals surface area contributed by atoms with Crippen molar-refractivity contribution in [1.82, 2.24) is 10.2 Å². The summed E-state index contributed by atoms with van der Waals surface area (Å²) in [4.78, 5) is 40.9. The van der Waals surface area contributed by atoms with Crippen LogP contribution in [-0.4, -0.2) is 28.7 Å². The summed E-state index contributed by atoms with van der Waals surface area (Å²) < 4.78 is 0. The van der Waals surface area contributed by atoms with E-state index < -0.39 is 17.4 Å². The van der Waals surface area contributed by atoms with Crippen molar-refractivity contribution in [3.8, 4) is 0 Å². The Balaban J connectivity index is 1.58. The van der Waals surface area contributed by atoms with Gasteiger partial charge in [0.05, 0.1) is 18.4 Å². The van der Waals surface area contributed by atoms with Gasteiger partial charge in [-0.25, -0.2) is 0 Å². The number of carbonyl (C=O) groups excluding carboxylic acids is 3. The molecule has 6 nitrogen and oxygen atoms in total. The lowest BCUT2D eigenvalue weighted by atomic mass is 9.76. The van der Waals surface area contributed by atoms with Gasteiger partial charge in [0.2, 0.25) is 17.7 Å². The Labute approximate surface area is 166 Å². The van der Waals surface area contributed by atoms with Crippen molar-refractivity contribution < 1.29 is 14.4 Å². The van der Waals surface area contributed by atoms with Gasteiger partial charge in [-0.3, -0.25) is 24.6 Å². The van der Waals surface area contributed by atoms with E-state index in [4.69, 9.17) is 11.6 Å². The lowest BCUT2D eigenvalue weighted by Gasteiger charge is -2.29. The van der Waals surface area contributed by atoms with E-state index in [0.29, 0.717) is 16.3 Å². The van der Waals surface area contributed by atoms with E-state index >= 15 is 0 Å². The maximum absolute atomic E-state index is 13.4. The molecule has 5 rings (SSSR count). The van der Waals surface area contributed by atoms with Crippen molar-refractivity contribution in [1.29, 1.82) is 0 Å². The Bertz CT molecular complexity index is 1040. The normalized spacial score (nSPS) is 30.7. The zero-order chi connectivity index (χ0) is 19.6. The minimum absolute atomic E-state index is 0.108. The zero-order valence-electron chi connectivity index (χ0n) is 15.1. The van der Waals surface area contributed by atoms with E-state index in [1.165, 1.54) is 4.90 Å². The molecule has 3 aliphatic rings. The first-order valence-electron chi connectivity index (χ1n) is 9.22. The third-order valence-electron chi connectivity index (χ3n) is 6.15. The molecule has 0 radical (unpaired) electrons. The van der Waals surface area contributed by atoms with Crippen molar-refractivity contribution >= 4 is 35.0 Å². The van der Waals surface area contributed by atoms with Crippen molar-refractivity contribution in [2.75, 3.05) is 5.32 Å². The summed E-state index contributed by atoms with van der Waals surface area (Å²) in [5.41, 5.74) is 0.886. The molecule has 1 spiro atoms. The van der Waals surface area contributed by atoms with Gasteiger partial charge >= 0.3 is 0 Å². The van der Waals surface area contributed by atoms with Gasteiger partial charge < -0.3 is 5.32 Å². The first-order valence-corrected chi connectivity index (χ1v) is 9.60. The predicted octanol–water partition coefficient (Wildman–Crippen LogP) is 2.28. The fourth-order valence-electron chi connectivity index (χ4n) is 4.93. The summed E-state index contributed by atoms with van der Waals surface area (Å²) in [5.74, 6) is -2.25. The smallest absolute Gasteiger partial charge is 0.250 e. The third kappa shape index (κ3) is 2.10. The summed E-state index contributed by atoms with van der Waals surface area (Å²) in [6.07, 6.45) is 0. The number of imide groups is 1. The van der Waals surface area contributed by atoms with E-state index in [1.807, 2.05) is 37.3 Å². The SMILES string of the molecule is C[C@@H]1N[C@]2(C(=O)Nc3ccccc32)[C@@H]2C(=O)N(Cc3ccccc3Cl)C(=O)[C@H]12. The molecule has 4 atom stereocenters. The van der Waals surface area contributed by atoms with Gasteiger partial charge in [-0.15, -0.1) is 0 Å². The van der Waals surface area contributed by atoms with Gasteiger partial charge in [-0.1, -0.05) is 48.0 Å². The molecule has 3 aliphatic heterocycles. The summed E-state index contributed by atoms with van der Waals surface area (Å²) in [6.45, 7) is 1.96. The monoisotopic (exact) mass is 395 g/mol. The molecular weight excluding hydrogens is 378 g/mol. The van der Waals surface area contributed by atoms with Crippen molar-refractivity contribution in [3.05, 3.63) is 64.7 Å². The molecule has 0 aromatic heterocycles. The second kappa shape index (κ2) is 5.90. The van der Waals surface area contributed by atoms with Crippen LogP contribution < -0.4 is 10.6 Å². The first kappa shape index (κ1) is 17.4. The summed E-state index contributed by atoms with van der Waals surface area (Å²) in [6, 6.07) is 14.2. The summed E-state index contributed by atoms with van der Waals surface area (Å²) >= 11 is 6.23. The molecule has 2 saturated heterocycles. The quantitative estimate of drug-likeness (QED) is 0.765. The van der Waals surface area contributed by atoms with Crippen molar-refractivity contribution in [2.24, 2.45) is 11.8 Å². The molecule has 7 heteroatoms. The maximum atomic E-state index is 13.4. The highest BCUT2D eigenvalue weighted by molar-refractivity contribution is 6.31. The molecule has 2 fully saturated rings. The van der Waals surface area contributed by atoms with Crippen molar-refractivity contribution in [3.63, 3.8) is 0 Å². The summed E-state index contributed by atoms with van der Waals surface area (Å²) in [7, 11) is 0. The Kier molecular flexibility index (Phi) is 3.66. The van der Waals surface area contributed by atoms with E-state index in [1.54, 1.807) is 18.2 Å². The van der Waals surface area contributed by atoms with Gasteiger partial charge in [0.1, 0.15) is 5.54 Å². The zero-order valence-corrected chi connectivity index (χ0v) is 15.9. The molecule has 3 heterocycles. The van der Waals surface area contributed by atoms with Crippen LogP contribution in [0.3, 0.4) is 0 Å². The predicted molar refractivity (Wildman–Crippen MR) is 103 cm³/mol. The van der Waals surface area contributed by atoms with Crippen LogP contribution in [0.2, 0.25) is 5.02 Å². The topological polar surface area (TPSA) is 78.5 Å². The molecule has 0 aliphatic carbocycles. The van der Waals surface area contributed by atoms with Crippen LogP contribution in [0.25, 0.3) is 0 Å². The number of halogens is 1. The molecule has 28 heavy (non-hydrogen) atoms. The Morgan fingerprint density at radius 2 is 1.75 bits per heavy atom. The highest BCUT2D eigenvalue weighted by Crippen LogP contribution is 2.52. The second-order valence-electron chi connectivity index (χ2n) is 7.60. The van der Waals surface area contributed by atoms with Crippen LogP contribution in [-0.2, 0) is 26.5 Å². The number of rotatable bonds is 2. The van der Waals surface area contributed by atoms with E-state index in [9.17, 15) is 14.4 Å². The number of nitrogens with zero attached hydrogens (tertiary/aromatic N) is 1. The minimum Gasteiger partial charge on any atom is -0.324 e. The van der Waals surface area contributed by atoms with Gasteiger partial charge in [0.15, 0.2) is 0 Å². The lowest BCUT2D eigenvalue weighted by molar-refractivity contribution is -0.143. The van der Waals surface area contributed by atoms with Crippen LogP contribution in [0.15, 0.2) is 48.5 Å². The molecule has 3 amide bonds. The van der Waals surface area contributed by atoms with Gasteiger partial charge in [-0.2, -0.15) is 0 Å². The van der Waals surface area contributed by atoms with Gasteiger partial charge in [-0.05, 0) is 24.6 Å². The molecule has 2 aromatic carbocycles. The highest BCUT2D eigenvalue weighted by Gasteiger charge is 2.69. The molecule has 0 unspecified atom stereocenters. The number of hydrogen-bond acceptors (Lipinski definition) is 4. The van der Waals surface area contributed by atoms with Crippen LogP contribution in [0.4, 0.5) is 5.69 Å². The van der Waals surface area contributed by atoms with Gasteiger partial charge in [0, 0.05) is 22.3 Å². The molecule has 0 saturated carbocycles. The number of fused-ring (bicyclic) bond motifs is 4. The number of nitrogens with one attached hydrogen (secondary N) is 2. The fraction of sp³-hybridized carbons (Fsp3) is 0.286. The van der Waals surface area contributed by atoms with Gasteiger partial charge in [0.25, 0.3) is 0 Å². The van der Waals surface area contributed by atoms with Crippen LogP contribution in [0.5, 0.6) is 0 Å². The Hall–Kier alpha value is -2.70. The number of anilines is 1. The van der Waals surface area contributed by atoms with Crippen molar-refractivity contribution in [2.45, 2.75) is 25.0 Å². The minimum atomic E-state index is -1.22. The third-order valence-corrected chi connectivity index (χ3v) is 6.52. The van der Waals surface area contributed by atoms with E-state index in [0.717, 1.165) is 5.56 Å². The Morgan fingerprint density at radius 1 is 1.04 bits per heavy atom. The molecule has 2 N–H and O–H groups in total. The number of amides is 3. The molecule has 0 bridgehead atoms. The second-order valence-corrected chi connectivity index (χ2v) is 8.01. The lowest BCUT2D eigenvalue weighted by Crippen LogP contribution is -2.52. The highest BCUT2D eigenvalue weighted by atomic mass is 35.5. The standard InChI is InChI=1S/C21H18ClN3O3/c1-11-16-17(21(24-11)13-7-3-5-9-15(13)23-20(21)28)19(27)25(18(16)26)10-12-6-2-4-8-14(12)22/h2-9,11,16-17,24H,10H2,1H3,(H,23,28)/t11-,16+,17-,21-/m0/s1. The van der Waals surface area contributed by atoms with E-state index in [-0.39, 0.29) is 30.3 Å². The maximum Gasteiger partial charge on any atom is 0.250 e. The van der Waals surface area contributed by atoms with Crippen LogP contribution in [0, 0.1) is 11.8 Å². The molecule has 2 aromatic rings. The van der Waals surface area contributed by atoms with E-state index in [2.05, 4.69) is 10.6 Å².